The second-order valence-corrected chi connectivity index (χ2v) is 8.62. The molecular weight excluding hydrogens is 520 g/mol. The quantitative estimate of drug-likeness (QED) is 0.294. The number of anilines is 2. The molecule has 1 aliphatic rings. The number of carboxylic acid groups (broad SMARTS) is 1. The Bertz CT molecular complexity index is 1380. The van der Waals surface area contributed by atoms with Crippen molar-refractivity contribution in [3.8, 4) is 0 Å². The van der Waals surface area contributed by atoms with Gasteiger partial charge in [-0.1, -0.05) is 83.9 Å². The molecule has 0 saturated carbocycles. The Morgan fingerprint density at radius 3 is 2.27 bits per heavy atom. The number of ketones is 2. The maximum Gasteiger partial charge on any atom is 1.00 e. The maximum atomic E-state index is 11.8. The van der Waals surface area contributed by atoms with E-state index in [-0.39, 0.29) is 52.6 Å². The number of aromatic carboxylic acids is 1. The monoisotopic (exact) mass is 541 g/mol. The van der Waals surface area contributed by atoms with Crippen LogP contribution in [0.1, 0.15) is 27.4 Å². The number of carbonyl (C=O) groups excluding carboxylic acids is 3. The first kappa shape index (κ1) is 30.3. The molecule has 3 aromatic rings. The van der Waals surface area contributed by atoms with Gasteiger partial charge in [-0.25, -0.2) is 0 Å². The van der Waals surface area contributed by atoms with Crippen LogP contribution in [0.2, 0.25) is 10.0 Å². The third kappa shape index (κ3) is 7.78. The molecule has 0 aliphatic heterocycles. The molecule has 37 heavy (non-hydrogen) atoms. The average Bonchev–Trinajstić information content (AvgIpc) is 2.88. The first-order chi connectivity index (χ1) is 17.2. The topological polar surface area (TPSA) is 86.3 Å². The minimum atomic E-state index is -1.26. The minimum Gasteiger partial charge on any atom is -0.545 e. The number of rotatable bonds is 6. The van der Waals surface area contributed by atoms with E-state index in [1.165, 1.54) is 24.3 Å². The van der Waals surface area contributed by atoms with Crippen molar-refractivity contribution in [3.05, 3.63) is 130 Å². The minimum absolute atomic E-state index is 0. The standard InChI is InChI=1S/C15H12O2.C14H11Cl2NO2.Na/c1-2-13(11-6-4-3-5-7-11)14-10-12(16)8-9-15(14)17;1-8-6-7-10(15)13(12(8)16)17-11-5-3-2-4-9(11)14(18)19;/h2-10,13H,1H2;2-7,17H,1H3,(H,18,19);/q;;+1/p-1. The molecule has 0 amide bonds. The molecule has 0 spiro atoms. The van der Waals surface area contributed by atoms with E-state index in [4.69, 9.17) is 23.2 Å². The average molecular weight is 542 g/mol. The summed E-state index contributed by atoms with van der Waals surface area (Å²) in [6.45, 7) is 5.59. The summed E-state index contributed by atoms with van der Waals surface area (Å²) in [7, 11) is 0. The number of hydrogen-bond donors (Lipinski definition) is 1. The number of carboxylic acids is 1. The summed E-state index contributed by atoms with van der Waals surface area (Å²) in [6.07, 6.45) is 5.68. The first-order valence-corrected chi connectivity index (χ1v) is 11.7. The fourth-order valence-corrected chi connectivity index (χ4v) is 4.01. The molecule has 1 aliphatic carbocycles. The van der Waals surface area contributed by atoms with Crippen LogP contribution in [0.3, 0.4) is 0 Å². The van der Waals surface area contributed by atoms with Gasteiger partial charge in [-0.3, -0.25) is 9.59 Å². The van der Waals surface area contributed by atoms with Gasteiger partial charge >= 0.3 is 29.6 Å². The molecule has 1 unspecified atom stereocenters. The molecule has 0 aromatic heterocycles. The Morgan fingerprint density at radius 1 is 0.973 bits per heavy atom. The van der Waals surface area contributed by atoms with Gasteiger partial charge < -0.3 is 15.2 Å². The van der Waals surface area contributed by atoms with E-state index in [9.17, 15) is 19.5 Å². The van der Waals surface area contributed by atoms with E-state index in [1.54, 1.807) is 36.4 Å². The van der Waals surface area contributed by atoms with Crippen molar-refractivity contribution < 1.29 is 49.0 Å². The van der Waals surface area contributed by atoms with Gasteiger partial charge in [0.05, 0.1) is 21.7 Å². The summed E-state index contributed by atoms with van der Waals surface area (Å²) in [6, 6.07) is 19.5. The molecule has 5 nitrogen and oxygen atoms in total. The smallest absolute Gasteiger partial charge is 0.545 e. The van der Waals surface area contributed by atoms with Gasteiger partial charge in [0.2, 0.25) is 0 Å². The molecule has 0 bridgehead atoms. The van der Waals surface area contributed by atoms with E-state index in [0.29, 0.717) is 27.0 Å². The number of hydrogen-bond acceptors (Lipinski definition) is 5. The zero-order valence-electron chi connectivity index (χ0n) is 20.3. The van der Waals surface area contributed by atoms with Crippen LogP contribution in [-0.4, -0.2) is 17.5 Å². The molecule has 3 aromatic carbocycles. The Morgan fingerprint density at radius 2 is 1.62 bits per heavy atom. The van der Waals surface area contributed by atoms with E-state index >= 15 is 0 Å². The SMILES string of the molecule is C=CC(C1=CC(=O)C=CC1=O)c1ccccc1.Cc1ccc(Cl)c(Nc2ccccc2C(=O)[O-])c1Cl.[Na+]. The second-order valence-electron chi connectivity index (χ2n) is 7.83. The number of halogens is 2. The van der Waals surface area contributed by atoms with Crippen LogP contribution in [0.5, 0.6) is 0 Å². The van der Waals surface area contributed by atoms with E-state index in [2.05, 4.69) is 11.9 Å². The molecule has 182 valence electrons. The maximum absolute atomic E-state index is 11.8. The number of aryl methyl sites for hydroxylation is 1. The predicted octanol–water partition coefficient (Wildman–Crippen LogP) is 3.00. The predicted molar refractivity (Wildman–Crippen MR) is 142 cm³/mol. The summed E-state index contributed by atoms with van der Waals surface area (Å²) < 4.78 is 0. The normalized spacial score (nSPS) is 12.9. The van der Waals surface area contributed by atoms with Crippen molar-refractivity contribution in [1.29, 1.82) is 0 Å². The van der Waals surface area contributed by atoms with Crippen LogP contribution in [0.4, 0.5) is 11.4 Å². The van der Waals surface area contributed by atoms with Crippen molar-refractivity contribution in [2.24, 2.45) is 0 Å². The summed E-state index contributed by atoms with van der Waals surface area (Å²) in [5.41, 5.74) is 3.22. The molecule has 0 saturated heterocycles. The summed E-state index contributed by atoms with van der Waals surface area (Å²) in [4.78, 5) is 34.1. The summed E-state index contributed by atoms with van der Waals surface area (Å²) in [5, 5.41) is 14.9. The molecule has 1 N–H and O–H groups in total. The van der Waals surface area contributed by atoms with Crippen molar-refractivity contribution in [2.75, 3.05) is 5.32 Å². The Kier molecular flexibility index (Phi) is 11.6. The van der Waals surface area contributed by atoms with E-state index in [0.717, 1.165) is 11.1 Å². The van der Waals surface area contributed by atoms with Gasteiger partial charge in [0.1, 0.15) is 0 Å². The second kappa shape index (κ2) is 14.1. The summed E-state index contributed by atoms with van der Waals surface area (Å²) >= 11 is 12.2. The molecule has 4 rings (SSSR count). The van der Waals surface area contributed by atoms with Crippen LogP contribution in [0.15, 0.2) is 103 Å². The van der Waals surface area contributed by atoms with Crippen LogP contribution in [0.25, 0.3) is 0 Å². The van der Waals surface area contributed by atoms with Gasteiger partial charge in [-0.05, 0) is 48.4 Å². The third-order valence-electron chi connectivity index (χ3n) is 5.40. The van der Waals surface area contributed by atoms with Crippen molar-refractivity contribution >= 4 is 52.1 Å². The third-order valence-corrected chi connectivity index (χ3v) is 6.20. The van der Waals surface area contributed by atoms with E-state index < -0.39 is 5.97 Å². The molecule has 8 heteroatoms. The molecular formula is C29H22Cl2NNaO4. The van der Waals surface area contributed by atoms with Gasteiger partial charge in [0, 0.05) is 22.7 Å². The van der Waals surface area contributed by atoms with Crippen molar-refractivity contribution in [2.45, 2.75) is 12.8 Å². The van der Waals surface area contributed by atoms with Crippen molar-refractivity contribution in [3.63, 3.8) is 0 Å². The Labute approximate surface area is 247 Å². The van der Waals surface area contributed by atoms with E-state index in [1.807, 2.05) is 37.3 Å². The number of carbonyl (C=O) groups is 3. The van der Waals surface area contributed by atoms with Crippen LogP contribution in [0, 0.1) is 6.92 Å². The van der Waals surface area contributed by atoms with Gasteiger partial charge in [0.25, 0.3) is 0 Å². The Hall–Kier alpha value is -2.93. The summed E-state index contributed by atoms with van der Waals surface area (Å²) in [5.74, 6) is -1.76. The first-order valence-electron chi connectivity index (χ1n) is 10.9. The number of nitrogens with one attached hydrogen (secondary N) is 1. The number of allylic oxidation sites excluding steroid dienone is 5. The molecule has 0 radical (unpaired) electrons. The van der Waals surface area contributed by atoms with Gasteiger partial charge in [0.15, 0.2) is 11.6 Å². The fourth-order valence-electron chi connectivity index (χ4n) is 3.55. The number of benzene rings is 3. The number of para-hydroxylation sites is 1. The Balaban J connectivity index is 0.000000255. The van der Waals surface area contributed by atoms with Crippen LogP contribution >= 0.6 is 23.2 Å². The zero-order valence-corrected chi connectivity index (χ0v) is 23.8. The molecule has 0 fully saturated rings. The van der Waals surface area contributed by atoms with Crippen LogP contribution < -0.4 is 40.0 Å². The van der Waals surface area contributed by atoms with Gasteiger partial charge in [-0.15, -0.1) is 6.58 Å². The molecule has 0 heterocycles. The van der Waals surface area contributed by atoms with Crippen molar-refractivity contribution in [1.82, 2.24) is 0 Å². The zero-order chi connectivity index (χ0) is 26.2. The van der Waals surface area contributed by atoms with Gasteiger partial charge in [-0.2, -0.15) is 0 Å². The van der Waals surface area contributed by atoms with Crippen LogP contribution in [-0.2, 0) is 9.59 Å². The molecule has 1 atom stereocenters. The largest absolute Gasteiger partial charge is 1.00 e. The fraction of sp³-hybridized carbons (Fsp3) is 0.0690.